The lowest BCUT2D eigenvalue weighted by atomic mass is 10.0. The van der Waals surface area contributed by atoms with Gasteiger partial charge in [0, 0.05) is 5.75 Å². The van der Waals surface area contributed by atoms with Crippen LogP contribution in [0.5, 0.6) is 0 Å². The Morgan fingerprint density at radius 1 is 1.07 bits per heavy atom. The largest absolute Gasteiger partial charge is 0.480 e. The highest BCUT2D eigenvalue weighted by Crippen LogP contribution is 2.09. The van der Waals surface area contributed by atoms with Crippen LogP contribution in [0.4, 0.5) is 0 Å². The van der Waals surface area contributed by atoms with Crippen LogP contribution < -0.4 is 21.3 Å². The third-order valence-corrected chi connectivity index (χ3v) is 4.94. The van der Waals surface area contributed by atoms with Crippen molar-refractivity contribution in [2.45, 2.75) is 70.3 Å². The molecule has 0 radical (unpaired) electrons. The summed E-state index contributed by atoms with van der Waals surface area (Å²) in [6.07, 6.45) is 0.630. The zero-order valence-electron chi connectivity index (χ0n) is 17.0. The number of carbonyl (C=O) groups excluding carboxylic acids is 3. The molecule has 0 aliphatic carbocycles. The van der Waals surface area contributed by atoms with E-state index in [2.05, 4.69) is 33.9 Å². The smallest absolute Gasteiger partial charge is 0.328 e. The van der Waals surface area contributed by atoms with E-state index in [9.17, 15) is 24.3 Å². The van der Waals surface area contributed by atoms with Crippen LogP contribution in [-0.2, 0) is 19.2 Å². The molecule has 0 aromatic heterocycles. The molecule has 5 unspecified atom stereocenters. The van der Waals surface area contributed by atoms with Crippen LogP contribution in [-0.4, -0.2) is 76.5 Å². The fourth-order valence-corrected chi connectivity index (χ4v) is 3.25. The van der Waals surface area contributed by atoms with Gasteiger partial charge in [-0.15, -0.1) is 0 Å². The molecule has 5 atom stereocenters. The van der Waals surface area contributed by atoms with Crippen molar-refractivity contribution in [3.05, 3.63) is 0 Å². The highest BCUT2D eigenvalue weighted by atomic mass is 32.1. The van der Waals surface area contributed by atoms with Crippen LogP contribution >= 0.6 is 12.6 Å². The maximum absolute atomic E-state index is 12.7. The normalized spacial score (nSPS) is 20.4. The Hall–Kier alpha value is -1.85. The van der Waals surface area contributed by atoms with Crippen LogP contribution in [0.25, 0.3) is 0 Å². The minimum atomic E-state index is -1.51. The lowest BCUT2D eigenvalue weighted by Gasteiger charge is -2.25. The molecule has 11 heteroatoms. The summed E-state index contributed by atoms with van der Waals surface area (Å²) in [6.45, 7) is 5.79. The van der Waals surface area contributed by atoms with Crippen molar-refractivity contribution in [2.24, 2.45) is 5.92 Å². The SMILES string of the molecule is CC(C)CC(NC(=O)C1CCCN1)C(=O)NC(CS)C(=O)NC(C(=O)O)C(C)O. The Labute approximate surface area is 176 Å². The summed E-state index contributed by atoms with van der Waals surface area (Å²) < 4.78 is 0. The van der Waals surface area contributed by atoms with Crippen molar-refractivity contribution in [2.75, 3.05) is 12.3 Å². The summed E-state index contributed by atoms with van der Waals surface area (Å²) in [7, 11) is 0. The average Bonchev–Trinajstić information content (AvgIpc) is 3.16. The van der Waals surface area contributed by atoms with E-state index in [0.717, 1.165) is 13.0 Å². The fourth-order valence-electron chi connectivity index (χ4n) is 2.99. The van der Waals surface area contributed by atoms with Crippen LogP contribution in [0.3, 0.4) is 0 Å². The predicted molar refractivity (Wildman–Crippen MR) is 109 cm³/mol. The van der Waals surface area contributed by atoms with Crippen molar-refractivity contribution in [1.29, 1.82) is 0 Å². The molecule has 0 saturated carbocycles. The van der Waals surface area contributed by atoms with Gasteiger partial charge in [-0.1, -0.05) is 13.8 Å². The number of amides is 3. The Kier molecular flexibility index (Phi) is 10.4. The van der Waals surface area contributed by atoms with Crippen LogP contribution in [0.1, 0.15) is 40.0 Å². The molecule has 6 N–H and O–H groups in total. The highest BCUT2D eigenvalue weighted by Gasteiger charge is 2.32. The molecule has 1 fully saturated rings. The van der Waals surface area contributed by atoms with Crippen molar-refractivity contribution in [3.63, 3.8) is 0 Å². The van der Waals surface area contributed by atoms with Crippen LogP contribution in [0.2, 0.25) is 0 Å². The Morgan fingerprint density at radius 2 is 1.69 bits per heavy atom. The number of carboxylic acid groups (broad SMARTS) is 1. The molecule has 3 amide bonds. The van der Waals surface area contributed by atoms with E-state index in [0.29, 0.717) is 12.8 Å². The number of aliphatic hydroxyl groups excluding tert-OH is 1. The van der Waals surface area contributed by atoms with Crippen molar-refractivity contribution < 1.29 is 29.4 Å². The quantitative estimate of drug-likeness (QED) is 0.199. The first-order chi connectivity index (χ1) is 13.6. The van der Waals surface area contributed by atoms with Crippen molar-refractivity contribution in [1.82, 2.24) is 21.3 Å². The Morgan fingerprint density at radius 3 is 2.14 bits per heavy atom. The number of aliphatic carboxylic acids is 1. The summed E-state index contributed by atoms with van der Waals surface area (Å²) in [5.41, 5.74) is 0. The third-order valence-electron chi connectivity index (χ3n) is 4.58. The summed E-state index contributed by atoms with van der Waals surface area (Å²) in [4.78, 5) is 48.6. The second-order valence-electron chi connectivity index (χ2n) is 7.65. The number of rotatable bonds is 11. The molecule has 0 aromatic carbocycles. The molecule has 1 aliphatic heterocycles. The maximum Gasteiger partial charge on any atom is 0.328 e. The molecule has 10 nitrogen and oxygen atoms in total. The average molecular weight is 433 g/mol. The molecule has 1 rings (SSSR count). The first kappa shape index (κ1) is 25.2. The predicted octanol–water partition coefficient (Wildman–Crippen LogP) is -1.37. The molecule has 0 aromatic rings. The highest BCUT2D eigenvalue weighted by molar-refractivity contribution is 7.80. The van der Waals surface area contributed by atoms with Gasteiger partial charge < -0.3 is 31.5 Å². The lowest BCUT2D eigenvalue weighted by molar-refractivity contribution is -0.145. The molecule has 1 saturated heterocycles. The number of aliphatic hydroxyl groups is 1. The number of hydrogen-bond donors (Lipinski definition) is 7. The van der Waals surface area contributed by atoms with Gasteiger partial charge in [0.25, 0.3) is 0 Å². The molecule has 1 aliphatic rings. The van der Waals surface area contributed by atoms with Crippen molar-refractivity contribution >= 4 is 36.3 Å². The van der Waals surface area contributed by atoms with Crippen LogP contribution in [0.15, 0.2) is 0 Å². The first-order valence-electron chi connectivity index (χ1n) is 9.73. The monoisotopic (exact) mass is 432 g/mol. The summed E-state index contributed by atoms with van der Waals surface area (Å²) in [5, 5.41) is 29.1. The molecule has 166 valence electrons. The minimum absolute atomic E-state index is 0.0871. The zero-order valence-corrected chi connectivity index (χ0v) is 17.9. The minimum Gasteiger partial charge on any atom is -0.480 e. The van der Waals surface area contributed by atoms with Gasteiger partial charge in [-0.05, 0) is 38.6 Å². The number of carboxylic acids is 1. The van der Waals surface area contributed by atoms with Crippen molar-refractivity contribution in [3.8, 4) is 0 Å². The Bertz CT molecular complexity index is 595. The van der Waals surface area contributed by atoms with Gasteiger partial charge in [0.1, 0.15) is 12.1 Å². The van der Waals surface area contributed by atoms with Gasteiger partial charge in [0.05, 0.1) is 12.1 Å². The van der Waals surface area contributed by atoms with Gasteiger partial charge in [-0.3, -0.25) is 14.4 Å². The third kappa shape index (κ3) is 8.19. The number of carbonyl (C=O) groups is 4. The van der Waals surface area contributed by atoms with Gasteiger partial charge in [-0.2, -0.15) is 12.6 Å². The second kappa shape index (κ2) is 12.0. The molecular formula is C18H32N4O6S. The fraction of sp³-hybridized carbons (Fsp3) is 0.778. The van der Waals surface area contributed by atoms with E-state index in [1.807, 2.05) is 13.8 Å². The van der Waals surface area contributed by atoms with E-state index in [4.69, 9.17) is 5.11 Å². The summed E-state index contributed by atoms with van der Waals surface area (Å²) in [6, 6.07) is -3.82. The summed E-state index contributed by atoms with van der Waals surface area (Å²) in [5.74, 6) is -2.98. The molecule has 1 heterocycles. The van der Waals surface area contributed by atoms with Crippen LogP contribution in [0, 0.1) is 5.92 Å². The number of thiol groups is 1. The topological polar surface area (TPSA) is 157 Å². The van der Waals surface area contributed by atoms with Gasteiger partial charge >= 0.3 is 5.97 Å². The van der Waals surface area contributed by atoms with Gasteiger partial charge in [0.15, 0.2) is 6.04 Å². The standard InChI is InChI=1S/C18H32N4O6S/c1-9(2)7-12(20-15(24)11-5-4-6-19-11)16(25)21-13(8-29)17(26)22-14(10(3)23)18(27)28/h9-14,19,23,29H,4-8H2,1-3H3,(H,20,24)(H,21,25)(H,22,26)(H,27,28). The first-order valence-corrected chi connectivity index (χ1v) is 10.4. The van der Waals surface area contributed by atoms with Gasteiger partial charge in [0.2, 0.25) is 17.7 Å². The Balaban J connectivity index is 2.79. The van der Waals surface area contributed by atoms with E-state index in [-0.39, 0.29) is 23.6 Å². The number of hydrogen-bond acceptors (Lipinski definition) is 7. The second-order valence-corrected chi connectivity index (χ2v) is 8.01. The summed E-state index contributed by atoms with van der Waals surface area (Å²) >= 11 is 4.05. The zero-order chi connectivity index (χ0) is 22.1. The molecule has 29 heavy (non-hydrogen) atoms. The van der Waals surface area contributed by atoms with Gasteiger partial charge in [-0.25, -0.2) is 4.79 Å². The van der Waals surface area contributed by atoms with E-state index in [1.165, 1.54) is 6.92 Å². The molecule has 0 spiro atoms. The maximum atomic E-state index is 12.7. The van der Waals surface area contributed by atoms with E-state index >= 15 is 0 Å². The van der Waals surface area contributed by atoms with E-state index in [1.54, 1.807) is 0 Å². The molecule has 0 bridgehead atoms. The molecular weight excluding hydrogens is 400 g/mol. The van der Waals surface area contributed by atoms with E-state index < -0.39 is 42.0 Å². The number of nitrogens with one attached hydrogen (secondary N) is 4. The lowest BCUT2D eigenvalue weighted by Crippen LogP contribution is -2.59.